The zero-order valence-corrected chi connectivity index (χ0v) is 13.1. The van der Waals surface area contributed by atoms with Crippen molar-refractivity contribution >= 4 is 0 Å². The first-order valence-corrected chi connectivity index (χ1v) is 8.18. The number of aryl methyl sites for hydroxylation is 1. The number of hydrogen-bond donors (Lipinski definition) is 1. The molecule has 1 saturated carbocycles. The van der Waals surface area contributed by atoms with Gasteiger partial charge in [-0.15, -0.1) is 0 Å². The SMILES string of the molecule is CCNC(c1cccc(C)c1)c1ccccc1C1CCC1. The zero-order valence-electron chi connectivity index (χ0n) is 13.1. The first-order valence-electron chi connectivity index (χ1n) is 8.18. The van der Waals surface area contributed by atoms with Crippen LogP contribution in [0.5, 0.6) is 0 Å². The van der Waals surface area contributed by atoms with Gasteiger partial charge in [0.15, 0.2) is 0 Å². The van der Waals surface area contributed by atoms with E-state index in [9.17, 15) is 0 Å². The highest BCUT2D eigenvalue weighted by Gasteiger charge is 2.25. The summed E-state index contributed by atoms with van der Waals surface area (Å²) in [4.78, 5) is 0. The molecule has 2 aromatic rings. The van der Waals surface area contributed by atoms with Crippen molar-refractivity contribution < 1.29 is 0 Å². The van der Waals surface area contributed by atoms with E-state index in [0.29, 0.717) is 6.04 Å². The van der Waals surface area contributed by atoms with Crippen molar-refractivity contribution in [3.63, 3.8) is 0 Å². The highest BCUT2D eigenvalue weighted by Crippen LogP contribution is 2.40. The topological polar surface area (TPSA) is 12.0 Å². The van der Waals surface area contributed by atoms with E-state index >= 15 is 0 Å². The Morgan fingerprint density at radius 3 is 2.57 bits per heavy atom. The van der Waals surface area contributed by atoms with Gasteiger partial charge < -0.3 is 5.32 Å². The van der Waals surface area contributed by atoms with Gasteiger partial charge in [0.2, 0.25) is 0 Å². The van der Waals surface area contributed by atoms with Gasteiger partial charge in [0.05, 0.1) is 6.04 Å². The average molecular weight is 279 g/mol. The van der Waals surface area contributed by atoms with Crippen LogP contribution in [-0.4, -0.2) is 6.54 Å². The second-order valence-corrected chi connectivity index (χ2v) is 6.16. The van der Waals surface area contributed by atoms with Crippen molar-refractivity contribution in [1.82, 2.24) is 5.32 Å². The highest BCUT2D eigenvalue weighted by atomic mass is 14.9. The van der Waals surface area contributed by atoms with Gasteiger partial charge >= 0.3 is 0 Å². The lowest BCUT2D eigenvalue weighted by molar-refractivity contribution is 0.414. The molecule has 0 heterocycles. The molecule has 1 aliphatic carbocycles. The molecule has 0 aliphatic heterocycles. The molecule has 1 aliphatic rings. The quantitative estimate of drug-likeness (QED) is 0.815. The standard InChI is InChI=1S/C20H25N/c1-3-21-20(17-11-6-8-15(2)14-17)19-13-5-4-12-18(19)16-9-7-10-16/h4-6,8,11-14,16,20-21H,3,7,9-10H2,1-2H3. The second kappa shape index (κ2) is 6.44. The van der Waals surface area contributed by atoms with Gasteiger partial charge in [-0.25, -0.2) is 0 Å². The van der Waals surface area contributed by atoms with Crippen molar-refractivity contribution in [2.45, 2.75) is 45.1 Å². The van der Waals surface area contributed by atoms with Crippen LogP contribution in [0.15, 0.2) is 48.5 Å². The monoisotopic (exact) mass is 279 g/mol. The molecule has 1 nitrogen and oxygen atoms in total. The molecular formula is C20H25N. The number of hydrogen-bond acceptors (Lipinski definition) is 1. The van der Waals surface area contributed by atoms with E-state index in [2.05, 4.69) is 67.7 Å². The lowest BCUT2D eigenvalue weighted by Gasteiger charge is -2.31. The summed E-state index contributed by atoms with van der Waals surface area (Å²) in [5.41, 5.74) is 5.73. The summed E-state index contributed by atoms with van der Waals surface area (Å²) in [7, 11) is 0. The van der Waals surface area contributed by atoms with Crippen molar-refractivity contribution in [2.75, 3.05) is 6.54 Å². The number of rotatable bonds is 5. The van der Waals surface area contributed by atoms with Crippen LogP contribution in [0.3, 0.4) is 0 Å². The van der Waals surface area contributed by atoms with Gasteiger partial charge in [0.1, 0.15) is 0 Å². The fourth-order valence-corrected chi connectivity index (χ4v) is 3.33. The maximum absolute atomic E-state index is 3.69. The smallest absolute Gasteiger partial charge is 0.0579 e. The zero-order chi connectivity index (χ0) is 14.7. The first kappa shape index (κ1) is 14.3. The fourth-order valence-electron chi connectivity index (χ4n) is 3.33. The van der Waals surface area contributed by atoms with E-state index in [1.807, 2.05) is 0 Å². The molecule has 0 radical (unpaired) electrons. The third-order valence-electron chi connectivity index (χ3n) is 4.64. The van der Waals surface area contributed by atoms with E-state index in [4.69, 9.17) is 0 Å². The molecule has 21 heavy (non-hydrogen) atoms. The van der Waals surface area contributed by atoms with Crippen LogP contribution in [0.2, 0.25) is 0 Å². The van der Waals surface area contributed by atoms with Crippen LogP contribution >= 0.6 is 0 Å². The minimum Gasteiger partial charge on any atom is -0.307 e. The van der Waals surface area contributed by atoms with Crippen LogP contribution in [0, 0.1) is 6.92 Å². The van der Waals surface area contributed by atoms with Gasteiger partial charge in [-0.1, -0.05) is 67.4 Å². The Balaban J connectivity index is 2.01. The maximum atomic E-state index is 3.69. The molecule has 0 aromatic heterocycles. The molecule has 0 bridgehead atoms. The molecule has 1 atom stereocenters. The van der Waals surface area contributed by atoms with Crippen LogP contribution in [0.4, 0.5) is 0 Å². The van der Waals surface area contributed by atoms with Crippen molar-refractivity contribution in [3.8, 4) is 0 Å². The van der Waals surface area contributed by atoms with E-state index < -0.39 is 0 Å². The highest BCUT2D eigenvalue weighted by molar-refractivity contribution is 5.41. The lowest BCUT2D eigenvalue weighted by atomic mass is 9.76. The molecule has 1 fully saturated rings. The molecule has 2 aromatic carbocycles. The summed E-state index contributed by atoms with van der Waals surface area (Å²) < 4.78 is 0. The Morgan fingerprint density at radius 1 is 1.10 bits per heavy atom. The molecule has 0 amide bonds. The Morgan fingerprint density at radius 2 is 1.90 bits per heavy atom. The Kier molecular flexibility index (Phi) is 4.40. The minimum atomic E-state index is 0.312. The lowest BCUT2D eigenvalue weighted by Crippen LogP contribution is -2.24. The van der Waals surface area contributed by atoms with Crippen molar-refractivity contribution in [2.24, 2.45) is 0 Å². The van der Waals surface area contributed by atoms with Crippen molar-refractivity contribution in [3.05, 3.63) is 70.8 Å². The van der Waals surface area contributed by atoms with Crippen LogP contribution in [0.1, 0.15) is 60.4 Å². The van der Waals surface area contributed by atoms with Gasteiger partial charge in [0, 0.05) is 0 Å². The summed E-state index contributed by atoms with van der Waals surface area (Å²) in [5.74, 6) is 0.771. The van der Waals surface area contributed by atoms with E-state index in [0.717, 1.165) is 12.5 Å². The molecule has 110 valence electrons. The predicted molar refractivity (Wildman–Crippen MR) is 89.7 cm³/mol. The van der Waals surface area contributed by atoms with Gasteiger partial charge in [-0.3, -0.25) is 0 Å². The van der Waals surface area contributed by atoms with Crippen molar-refractivity contribution in [1.29, 1.82) is 0 Å². The third-order valence-corrected chi connectivity index (χ3v) is 4.64. The summed E-state index contributed by atoms with van der Waals surface area (Å²) in [5, 5.41) is 3.69. The summed E-state index contributed by atoms with van der Waals surface area (Å²) in [6, 6.07) is 18.2. The van der Waals surface area contributed by atoms with Crippen LogP contribution in [-0.2, 0) is 0 Å². The van der Waals surface area contributed by atoms with Crippen LogP contribution < -0.4 is 5.32 Å². The van der Waals surface area contributed by atoms with E-state index in [-0.39, 0.29) is 0 Å². The van der Waals surface area contributed by atoms with Gasteiger partial charge in [-0.05, 0) is 48.9 Å². The summed E-state index contributed by atoms with van der Waals surface area (Å²) in [6.07, 6.45) is 4.09. The molecule has 1 heteroatoms. The molecule has 1 unspecified atom stereocenters. The largest absolute Gasteiger partial charge is 0.307 e. The second-order valence-electron chi connectivity index (χ2n) is 6.16. The number of nitrogens with one attached hydrogen (secondary N) is 1. The first-order chi connectivity index (χ1) is 10.3. The molecule has 1 N–H and O–H groups in total. The van der Waals surface area contributed by atoms with E-state index in [1.165, 1.54) is 36.0 Å². The van der Waals surface area contributed by atoms with Gasteiger partial charge in [-0.2, -0.15) is 0 Å². The Hall–Kier alpha value is -1.60. The molecular weight excluding hydrogens is 254 g/mol. The third kappa shape index (κ3) is 3.03. The normalized spacial score (nSPS) is 16.5. The minimum absolute atomic E-state index is 0.312. The fraction of sp³-hybridized carbons (Fsp3) is 0.400. The van der Waals surface area contributed by atoms with E-state index in [1.54, 1.807) is 5.56 Å². The molecule has 3 rings (SSSR count). The summed E-state index contributed by atoms with van der Waals surface area (Å²) >= 11 is 0. The Labute approximate surface area is 128 Å². The van der Waals surface area contributed by atoms with Crippen LogP contribution in [0.25, 0.3) is 0 Å². The van der Waals surface area contributed by atoms with Gasteiger partial charge in [0.25, 0.3) is 0 Å². The maximum Gasteiger partial charge on any atom is 0.0579 e. The predicted octanol–water partition coefficient (Wildman–Crippen LogP) is 4.96. The average Bonchev–Trinajstić information content (AvgIpc) is 2.44. The Bertz CT molecular complexity index is 598. The number of benzene rings is 2. The summed E-state index contributed by atoms with van der Waals surface area (Å²) in [6.45, 7) is 5.34. The molecule has 0 spiro atoms. The molecule has 0 saturated heterocycles.